The van der Waals surface area contributed by atoms with Crippen LogP contribution in [0.15, 0.2) is 6.07 Å². The third-order valence-electron chi connectivity index (χ3n) is 5.02. The van der Waals surface area contributed by atoms with Crippen LogP contribution >= 0.6 is 0 Å². The maximum Gasteiger partial charge on any atom is 0.136 e. The van der Waals surface area contributed by atoms with Gasteiger partial charge < -0.3 is 11.1 Å². The van der Waals surface area contributed by atoms with Crippen LogP contribution in [0.3, 0.4) is 0 Å². The maximum absolute atomic E-state index is 5.87. The predicted molar refractivity (Wildman–Crippen MR) is 73.4 cm³/mol. The second-order valence-corrected chi connectivity index (χ2v) is 6.83. The van der Waals surface area contributed by atoms with E-state index in [0.29, 0.717) is 28.6 Å². The van der Waals surface area contributed by atoms with E-state index in [-0.39, 0.29) is 0 Å². The summed E-state index contributed by atoms with van der Waals surface area (Å²) in [4.78, 5) is 8.93. The van der Waals surface area contributed by atoms with Gasteiger partial charge in [-0.25, -0.2) is 9.97 Å². The van der Waals surface area contributed by atoms with Gasteiger partial charge in [0.1, 0.15) is 17.5 Å². The molecule has 0 radical (unpaired) electrons. The summed E-state index contributed by atoms with van der Waals surface area (Å²) in [6, 6.07) is 2.29. The van der Waals surface area contributed by atoms with Crippen LogP contribution < -0.4 is 11.1 Å². The number of nitrogens with two attached hydrogens (primary N) is 1. The summed E-state index contributed by atoms with van der Waals surface area (Å²) >= 11 is 0. The molecule has 0 aliphatic heterocycles. The van der Waals surface area contributed by atoms with Gasteiger partial charge in [0.2, 0.25) is 0 Å². The molecule has 3 N–H and O–H groups in total. The van der Waals surface area contributed by atoms with Gasteiger partial charge in [0.15, 0.2) is 0 Å². The lowest BCUT2D eigenvalue weighted by Crippen LogP contribution is -2.13. The van der Waals surface area contributed by atoms with Crippen molar-refractivity contribution in [1.29, 1.82) is 0 Å². The van der Waals surface area contributed by atoms with Gasteiger partial charge >= 0.3 is 0 Å². The van der Waals surface area contributed by atoms with E-state index in [4.69, 9.17) is 5.73 Å². The van der Waals surface area contributed by atoms with E-state index in [1.54, 1.807) is 0 Å². The SMILES string of the molecule is CC1(C)C(Nc2cc(N)nc(C3CC3)n2)C1(C)C. The molecule has 2 aliphatic carbocycles. The summed E-state index contributed by atoms with van der Waals surface area (Å²) < 4.78 is 0. The van der Waals surface area contributed by atoms with Crippen molar-refractivity contribution in [3.05, 3.63) is 11.9 Å². The van der Waals surface area contributed by atoms with Gasteiger partial charge in [-0.1, -0.05) is 27.7 Å². The van der Waals surface area contributed by atoms with Gasteiger partial charge in [0.05, 0.1) is 0 Å². The Morgan fingerprint density at radius 2 is 1.78 bits per heavy atom. The highest BCUT2D eigenvalue weighted by Gasteiger charge is 2.65. The topological polar surface area (TPSA) is 63.8 Å². The molecular formula is C14H22N4. The Bertz CT molecular complexity index is 475. The molecule has 98 valence electrons. The standard InChI is InChI=1S/C14H22N4/c1-13(2)12(14(13,3)4)18-10-7-9(15)16-11(17-10)8-5-6-8/h7-8,12H,5-6H2,1-4H3,(H3,15,16,17,18). The molecular weight excluding hydrogens is 224 g/mol. The average Bonchev–Trinajstić information content (AvgIpc) is 3.13. The van der Waals surface area contributed by atoms with Gasteiger partial charge in [-0.2, -0.15) is 0 Å². The van der Waals surface area contributed by atoms with Crippen molar-refractivity contribution < 1.29 is 0 Å². The number of hydrogen-bond donors (Lipinski definition) is 2. The minimum atomic E-state index is 0.298. The van der Waals surface area contributed by atoms with E-state index in [1.807, 2.05) is 6.07 Å². The van der Waals surface area contributed by atoms with Crippen molar-refractivity contribution in [1.82, 2.24) is 9.97 Å². The lowest BCUT2D eigenvalue weighted by molar-refractivity contribution is 0.457. The Hall–Kier alpha value is -1.32. The monoisotopic (exact) mass is 246 g/mol. The minimum absolute atomic E-state index is 0.298. The largest absolute Gasteiger partial charge is 0.384 e. The molecule has 0 atom stereocenters. The molecule has 3 rings (SSSR count). The fourth-order valence-electron chi connectivity index (χ4n) is 2.79. The number of hydrogen-bond acceptors (Lipinski definition) is 4. The van der Waals surface area contributed by atoms with Crippen molar-refractivity contribution in [3.63, 3.8) is 0 Å². The van der Waals surface area contributed by atoms with Crippen LogP contribution in [0.5, 0.6) is 0 Å². The Kier molecular flexibility index (Phi) is 2.20. The molecule has 18 heavy (non-hydrogen) atoms. The van der Waals surface area contributed by atoms with Crippen LogP contribution in [0.4, 0.5) is 11.6 Å². The van der Waals surface area contributed by atoms with Crippen LogP contribution in [0, 0.1) is 10.8 Å². The van der Waals surface area contributed by atoms with E-state index < -0.39 is 0 Å². The van der Waals surface area contributed by atoms with Crippen LogP contribution in [0.1, 0.15) is 52.3 Å². The highest BCUT2D eigenvalue weighted by molar-refractivity contribution is 5.49. The van der Waals surface area contributed by atoms with Crippen LogP contribution in [-0.2, 0) is 0 Å². The van der Waals surface area contributed by atoms with E-state index in [0.717, 1.165) is 11.6 Å². The first-order valence-corrected chi connectivity index (χ1v) is 6.73. The first-order chi connectivity index (χ1) is 8.32. The molecule has 0 bridgehead atoms. The second-order valence-electron chi connectivity index (χ2n) is 6.83. The quantitative estimate of drug-likeness (QED) is 0.860. The van der Waals surface area contributed by atoms with Crippen molar-refractivity contribution in [2.45, 2.75) is 52.5 Å². The average molecular weight is 246 g/mol. The Morgan fingerprint density at radius 3 is 2.28 bits per heavy atom. The summed E-state index contributed by atoms with van der Waals surface area (Å²) in [6.07, 6.45) is 2.40. The first-order valence-electron chi connectivity index (χ1n) is 6.73. The van der Waals surface area contributed by atoms with E-state index >= 15 is 0 Å². The molecule has 0 unspecified atom stereocenters. The van der Waals surface area contributed by atoms with Gasteiger partial charge in [0.25, 0.3) is 0 Å². The molecule has 4 heteroatoms. The zero-order valence-corrected chi connectivity index (χ0v) is 11.6. The zero-order chi connectivity index (χ0) is 13.1. The summed E-state index contributed by atoms with van der Waals surface area (Å²) in [7, 11) is 0. The summed E-state index contributed by atoms with van der Waals surface area (Å²) in [6.45, 7) is 9.15. The second kappa shape index (κ2) is 3.37. The first kappa shape index (κ1) is 11.8. The number of rotatable bonds is 3. The third kappa shape index (κ3) is 1.66. The van der Waals surface area contributed by atoms with Crippen LogP contribution in [-0.4, -0.2) is 16.0 Å². The Labute approximate surface area is 108 Å². The van der Waals surface area contributed by atoms with Crippen LogP contribution in [0.25, 0.3) is 0 Å². The van der Waals surface area contributed by atoms with Gasteiger partial charge in [-0.05, 0) is 23.7 Å². The van der Waals surface area contributed by atoms with E-state index in [2.05, 4.69) is 43.0 Å². The Balaban J connectivity index is 1.81. The smallest absolute Gasteiger partial charge is 0.136 e. The van der Waals surface area contributed by atoms with Crippen molar-refractivity contribution >= 4 is 11.6 Å². The van der Waals surface area contributed by atoms with E-state index in [1.165, 1.54) is 12.8 Å². The lowest BCUT2D eigenvalue weighted by Gasteiger charge is -2.09. The summed E-state index contributed by atoms with van der Waals surface area (Å²) in [5.74, 6) is 2.90. The molecule has 0 spiro atoms. The normalized spacial score (nSPS) is 24.9. The zero-order valence-electron chi connectivity index (χ0n) is 11.6. The number of nitrogens with one attached hydrogen (secondary N) is 1. The third-order valence-corrected chi connectivity index (χ3v) is 5.02. The molecule has 1 aromatic heterocycles. The number of aromatic nitrogens is 2. The highest BCUT2D eigenvalue weighted by Crippen LogP contribution is 2.63. The Morgan fingerprint density at radius 1 is 1.17 bits per heavy atom. The predicted octanol–water partition coefficient (Wildman–Crippen LogP) is 2.78. The van der Waals surface area contributed by atoms with Gasteiger partial charge in [-0.3, -0.25) is 0 Å². The minimum Gasteiger partial charge on any atom is -0.384 e. The summed E-state index contributed by atoms with van der Waals surface area (Å²) in [5.41, 5.74) is 6.46. The van der Waals surface area contributed by atoms with E-state index in [9.17, 15) is 0 Å². The lowest BCUT2D eigenvalue weighted by atomic mass is 10.0. The highest BCUT2D eigenvalue weighted by atomic mass is 15.1. The van der Waals surface area contributed by atoms with Gasteiger partial charge in [0, 0.05) is 18.0 Å². The van der Waals surface area contributed by atoms with Crippen LogP contribution in [0.2, 0.25) is 0 Å². The fraction of sp³-hybridized carbons (Fsp3) is 0.714. The molecule has 1 aromatic rings. The molecule has 0 saturated heterocycles. The van der Waals surface area contributed by atoms with Crippen molar-refractivity contribution in [3.8, 4) is 0 Å². The molecule has 0 aromatic carbocycles. The molecule has 1 heterocycles. The molecule has 2 aliphatic rings. The number of nitrogen functional groups attached to an aromatic ring is 1. The fourth-order valence-corrected chi connectivity index (χ4v) is 2.79. The number of nitrogens with zero attached hydrogens (tertiary/aromatic N) is 2. The number of anilines is 2. The molecule has 2 fully saturated rings. The van der Waals surface area contributed by atoms with Crippen molar-refractivity contribution in [2.24, 2.45) is 10.8 Å². The van der Waals surface area contributed by atoms with Gasteiger partial charge in [-0.15, -0.1) is 0 Å². The molecule has 4 nitrogen and oxygen atoms in total. The molecule has 2 saturated carbocycles. The van der Waals surface area contributed by atoms with Crippen molar-refractivity contribution in [2.75, 3.05) is 11.1 Å². The molecule has 0 amide bonds. The summed E-state index contributed by atoms with van der Waals surface area (Å²) in [5, 5.41) is 3.53. The maximum atomic E-state index is 5.87.